The summed E-state index contributed by atoms with van der Waals surface area (Å²) in [6, 6.07) is 24.2. The second-order valence-electron chi connectivity index (χ2n) is 16.0. The highest BCUT2D eigenvalue weighted by molar-refractivity contribution is 5.59. The molecule has 4 aliphatic rings. The molecule has 0 saturated carbocycles. The van der Waals surface area contributed by atoms with Gasteiger partial charge < -0.3 is 30.2 Å². The highest BCUT2D eigenvalue weighted by Gasteiger charge is 2.28. The van der Waals surface area contributed by atoms with E-state index in [-0.39, 0.29) is 23.7 Å². The molecule has 8 rings (SSSR count). The zero-order chi connectivity index (χ0) is 36.9. The minimum Gasteiger partial charge on any atom is -0.369 e. The summed E-state index contributed by atoms with van der Waals surface area (Å²) < 4.78 is 28.1. The first-order valence-corrected chi connectivity index (χ1v) is 20.5. The second kappa shape index (κ2) is 16.8. The van der Waals surface area contributed by atoms with E-state index < -0.39 is 0 Å². The van der Waals surface area contributed by atoms with Gasteiger partial charge in [-0.25, -0.2) is 18.7 Å². The monoisotopic (exact) mass is 734 g/mol. The van der Waals surface area contributed by atoms with Gasteiger partial charge in [0.1, 0.15) is 23.3 Å². The standard InChI is InChI=1S/C44H56F2N8/c1-32-10-2-4-22-53(32)42-27-37(50-44(29-42)49-36-14-9-21-52(31-36)39-17-7-12-34(46)25-39)26-40-15-3-5-23-54(40)41-18-19-47-43(28-41)48-35-13-8-20-51(30-35)38-16-6-11-33(45)24-38/h6-7,11-12,16-19,24-25,27-29,32,35-36,40H,2-5,8-10,13-15,20-23,26,30-31H2,1H3,(H,47,48)(H,49,50)/t32-,35-,36-,40-/m1/s1. The van der Waals surface area contributed by atoms with E-state index in [4.69, 9.17) is 9.97 Å². The zero-order valence-corrected chi connectivity index (χ0v) is 31.8. The van der Waals surface area contributed by atoms with Crippen LogP contribution in [-0.4, -0.2) is 73.4 Å². The van der Waals surface area contributed by atoms with Crippen LogP contribution in [0.1, 0.15) is 76.8 Å². The van der Waals surface area contributed by atoms with Crippen LogP contribution >= 0.6 is 0 Å². The number of halogens is 2. The number of benzene rings is 2. The van der Waals surface area contributed by atoms with Gasteiger partial charge in [-0.05, 0) is 120 Å². The Balaban J connectivity index is 0.992. The SMILES string of the molecule is C[C@@H]1CCCCN1c1cc(C[C@H]2CCCCN2c2ccnc(N[C@@H]3CCCN(c4cccc(F)c4)C3)c2)nc(N[C@@H]2CCCN(c3cccc(F)c3)C2)c1. The van der Waals surface area contributed by atoms with Crippen LogP contribution in [0.25, 0.3) is 0 Å². The van der Waals surface area contributed by atoms with Gasteiger partial charge in [0.15, 0.2) is 0 Å². The van der Waals surface area contributed by atoms with Gasteiger partial charge >= 0.3 is 0 Å². The number of hydrogen-bond acceptors (Lipinski definition) is 8. The molecule has 0 radical (unpaired) electrons. The zero-order valence-electron chi connectivity index (χ0n) is 31.8. The summed E-state index contributed by atoms with van der Waals surface area (Å²) in [5.74, 6) is 1.46. The molecule has 2 aromatic carbocycles. The molecule has 2 N–H and O–H groups in total. The van der Waals surface area contributed by atoms with E-state index in [0.717, 1.165) is 106 Å². The van der Waals surface area contributed by atoms with Crippen molar-refractivity contribution in [1.29, 1.82) is 0 Å². The molecule has 8 nitrogen and oxygen atoms in total. The molecule has 54 heavy (non-hydrogen) atoms. The Labute approximate surface area is 320 Å². The van der Waals surface area contributed by atoms with Gasteiger partial charge in [0, 0.05) is 117 Å². The van der Waals surface area contributed by atoms with Crippen molar-refractivity contribution in [1.82, 2.24) is 9.97 Å². The van der Waals surface area contributed by atoms with Crippen LogP contribution < -0.4 is 30.2 Å². The van der Waals surface area contributed by atoms with Crippen molar-refractivity contribution in [3.8, 4) is 0 Å². The summed E-state index contributed by atoms with van der Waals surface area (Å²) in [4.78, 5) is 19.8. The molecule has 0 amide bonds. The number of anilines is 6. The summed E-state index contributed by atoms with van der Waals surface area (Å²) in [7, 11) is 0. The van der Waals surface area contributed by atoms with E-state index in [2.05, 4.69) is 61.4 Å². The molecule has 4 aromatic rings. The maximum atomic E-state index is 14.1. The molecule has 4 aliphatic heterocycles. The Bertz CT molecular complexity index is 1860. The van der Waals surface area contributed by atoms with Gasteiger partial charge in [-0.1, -0.05) is 12.1 Å². The molecule has 4 fully saturated rings. The molecule has 4 atom stereocenters. The van der Waals surface area contributed by atoms with Crippen molar-refractivity contribution in [2.75, 3.05) is 69.5 Å². The number of hydrogen-bond donors (Lipinski definition) is 2. The first kappa shape index (κ1) is 36.4. The summed E-state index contributed by atoms with van der Waals surface area (Å²) in [5.41, 5.74) is 5.49. The fourth-order valence-corrected chi connectivity index (χ4v) is 9.29. The molecule has 2 aromatic heterocycles. The average Bonchev–Trinajstić information content (AvgIpc) is 3.18. The predicted octanol–water partition coefficient (Wildman–Crippen LogP) is 8.90. The molecule has 6 heterocycles. The van der Waals surface area contributed by atoms with Crippen molar-refractivity contribution < 1.29 is 8.78 Å². The van der Waals surface area contributed by atoms with Gasteiger partial charge in [0.05, 0.1) is 0 Å². The Morgan fingerprint density at radius 1 is 0.611 bits per heavy atom. The maximum absolute atomic E-state index is 14.1. The largest absolute Gasteiger partial charge is 0.369 e. The van der Waals surface area contributed by atoms with Crippen LogP contribution in [0.3, 0.4) is 0 Å². The summed E-state index contributed by atoms with van der Waals surface area (Å²) in [6.07, 6.45) is 14.2. The van der Waals surface area contributed by atoms with Crippen LogP contribution in [0, 0.1) is 11.6 Å². The first-order chi connectivity index (χ1) is 26.4. The normalized spacial score (nSPS) is 23.7. The molecule has 0 unspecified atom stereocenters. The van der Waals surface area contributed by atoms with Crippen molar-refractivity contribution in [2.45, 2.75) is 102 Å². The minimum absolute atomic E-state index is 0.188. The lowest BCUT2D eigenvalue weighted by Crippen LogP contribution is -2.43. The quantitative estimate of drug-likeness (QED) is 0.168. The fraction of sp³-hybridized carbons (Fsp3) is 0.500. The lowest BCUT2D eigenvalue weighted by Gasteiger charge is -2.39. The van der Waals surface area contributed by atoms with Gasteiger partial charge in [0.2, 0.25) is 0 Å². The highest BCUT2D eigenvalue weighted by Crippen LogP contribution is 2.33. The third-order valence-electron chi connectivity index (χ3n) is 12.0. The van der Waals surface area contributed by atoms with Crippen LogP contribution in [0.15, 0.2) is 79.0 Å². The summed E-state index contributed by atoms with van der Waals surface area (Å²) in [6.45, 7) is 7.95. The molecule has 0 aliphatic carbocycles. The van der Waals surface area contributed by atoms with Crippen molar-refractivity contribution in [3.05, 3.63) is 96.3 Å². The smallest absolute Gasteiger partial charge is 0.128 e. The Kier molecular flexibility index (Phi) is 11.3. The molecular formula is C44H56F2N8. The average molecular weight is 735 g/mol. The number of rotatable bonds is 10. The molecule has 0 bridgehead atoms. The van der Waals surface area contributed by atoms with Crippen LogP contribution in [0.2, 0.25) is 0 Å². The Morgan fingerprint density at radius 3 is 1.91 bits per heavy atom. The van der Waals surface area contributed by atoms with E-state index >= 15 is 0 Å². The van der Waals surface area contributed by atoms with E-state index in [1.54, 1.807) is 24.3 Å². The summed E-state index contributed by atoms with van der Waals surface area (Å²) >= 11 is 0. The van der Waals surface area contributed by atoms with E-state index in [1.807, 2.05) is 18.3 Å². The van der Waals surface area contributed by atoms with Crippen molar-refractivity contribution in [3.63, 3.8) is 0 Å². The third kappa shape index (κ3) is 8.85. The number of piperidine rings is 4. The molecule has 10 heteroatoms. The fourth-order valence-electron chi connectivity index (χ4n) is 9.29. The van der Waals surface area contributed by atoms with E-state index in [1.165, 1.54) is 55.6 Å². The topological polar surface area (TPSA) is 62.8 Å². The van der Waals surface area contributed by atoms with E-state index in [0.29, 0.717) is 12.1 Å². The minimum atomic E-state index is -0.193. The van der Waals surface area contributed by atoms with E-state index in [9.17, 15) is 8.78 Å². The van der Waals surface area contributed by atoms with Crippen molar-refractivity contribution >= 4 is 34.4 Å². The Hall–Kier alpha value is -4.60. The molecule has 0 spiro atoms. The maximum Gasteiger partial charge on any atom is 0.128 e. The van der Waals surface area contributed by atoms with Crippen molar-refractivity contribution in [2.24, 2.45) is 0 Å². The highest BCUT2D eigenvalue weighted by atomic mass is 19.1. The predicted molar refractivity (Wildman–Crippen MR) is 218 cm³/mol. The lowest BCUT2D eigenvalue weighted by molar-refractivity contribution is 0.453. The molecule has 286 valence electrons. The van der Waals surface area contributed by atoms with Gasteiger partial charge in [-0.15, -0.1) is 0 Å². The van der Waals surface area contributed by atoms with Crippen LogP contribution in [-0.2, 0) is 6.42 Å². The molecular weight excluding hydrogens is 679 g/mol. The van der Waals surface area contributed by atoms with Gasteiger partial charge in [-0.3, -0.25) is 0 Å². The van der Waals surface area contributed by atoms with Crippen LogP contribution in [0.5, 0.6) is 0 Å². The number of nitrogens with one attached hydrogen (secondary N) is 2. The molecule has 4 saturated heterocycles. The summed E-state index contributed by atoms with van der Waals surface area (Å²) in [5, 5.41) is 7.58. The first-order valence-electron chi connectivity index (χ1n) is 20.5. The second-order valence-corrected chi connectivity index (χ2v) is 16.0. The van der Waals surface area contributed by atoms with Crippen LogP contribution in [0.4, 0.5) is 43.2 Å². The number of aromatic nitrogens is 2. The van der Waals surface area contributed by atoms with Gasteiger partial charge in [0.25, 0.3) is 0 Å². The van der Waals surface area contributed by atoms with Gasteiger partial charge in [-0.2, -0.15) is 0 Å². The number of nitrogens with zero attached hydrogens (tertiary/aromatic N) is 6. The lowest BCUT2D eigenvalue weighted by atomic mass is 9.96. The Morgan fingerprint density at radius 2 is 1.24 bits per heavy atom. The third-order valence-corrected chi connectivity index (χ3v) is 12.0. The number of pyridine rings is 2.